The Morgan fingerprint density at radius 3 is 2.52 bits per heavy atom. The highest BCUT2D eigenvalue weighted by Gasteiger charge is 2.30. The Hall–Kier alpha value is -1.78. The van der Waals surface area contributed by atoms with E-state index in [0.717, 1.165) is 11.8 Å². The van der Waals surface area contributed by atoms with Crippen LogP contribution in [0, 0.1) is 5.92 Å². The second-order valence-electron chi connectivity index (χ2n) is 5.53. The molecule has 0 aliphatic carbocycles. The van der Waals surface area contributed by atoms with E-state index >= 15 is 0 Å². The molecule has 1 unspecified atom stereocenters. The van der Waals surface area contributed by atoms with E-state index in [4.69, 9.17) is 10.5 Å². The second kappa shape index (κ2) is 7.20. The SMILES string of the molecule is COc1ncc(CN2CCN(S(C)(=O)=O)CC(C(N)=O)C2)cn1. The van der Waals surface area contributed by atoms with Gasteiger partial charge in [-0.1, -0.05) is 0 Å². The van der Waals surface area contributed by atoms with Gasteiger partial charge in [0.05, 0.1) is 19.3 Å². The van der Waals surface area contributed by atoms with Crippen molar-refractivity contribution in [1.82, 2.24) is 19.2 Å². The Labute approximate surface area is 135 Å². The highest BCUT2D eigenvalue weighted by Crippen LogP contribution is 2.15. The summed E-state index contributed by atoms with van der Waals surface area (Å²) in [5.41, 5.74) is 6.26. The fourth-order valence-electron chi connectivity index (χ4n) is 2.46. The van der Waals surface area contributed by atoms with Gasteiger partial charge in [0.25, 0.3) is 0 Å². The van der Waals surface area contributed by atoms with Crippen molar-refractivity contribution in [1.29, 1.82) is 0 Å². The third kappa shape index (κ3) is 4.85. The van der Waals surface area contributed by atoms with Crippen LogP contribution in [0.25, 0.3) is 0 Å². The number of aromatic nitrogens is 2. The molecule has 128 valence electrons. The molecule has 2 N–H and O–H groups in total. The van der Waals surface area contributed by atoms with E-state index in [1.165, 1.54) is 11.4 Å². The lowest BCUT2D eigenvalue weighted by Crippen LogP contribution is -2.40. The van der Waals surface area contributed by atoms with Gasteiger partial charge in [0.15, 0.2) is 0 Å². The molecule has 1 saturated heterocycles. The highest BCUT2D eigenvalue weighted by atomic mass is 32.2. The second-order valence-corrected chi connectivity index (χ2v) is 7.52. The van der Waals surface area contributed by atoms with E-state index in [9.17, 15) is 13.2 Å². The van der Waals surface area contributed by atoms with Gasteiger partial charge in [0.2, 0.25) is 15.9 Å². The number of carbonyl (C=O) groups excluding carboxylic acids is 1. The van der Waals surface area contributed by atoms with Crippen molar-refractivity contribution in [3.8, 4) is 6.01 Å². The molecule has 1 amide bonds. The third-order valence-electron chi connectivity index (χ3n) is 3.71. The molecule has 1 fully saturated rings. The Morgan fingerprint density at radius 1 is 1.35 bits per heavy atom. The molecule has 2 heterocycles. The molecule has 1 aromatic rings. The first-order chi connectivity index (χ1) is 10.8. The molecule has 0 bridgehead atoms. The highest BCUT2D eigenvalue weighted by molar-refractivity contribution is 7.88. The summed E-state index contributed by atoms with van der Waals surface area (Å²) < 4.78 is 29.7. The van der Waals surface area contributed by atoms with Crippen LogP contribution in [-0.2, 0) is 21.4 Å². The molecular formula is C13H21N5O4S. The molecule has 1 atom stereocenters. The first-order valence-corrected chi connectivity index (χ1v) is 8.96. The van der Waals surface area contributed by atoms with Gasteiger partial charge >= 0.3 is 6.01 Å². The normalized spacial score (nSPS) is 20.9. The number of amides is 1. The van der Waals surface area contributed by atoms with E-state index in [1.807, 2.05) is 4.90 Å². The van der Waals surface area contributed by atoms with Gasteiger partial charge in [-0.2, -0.15) is 0 Å². The molecule has 1 aromatic heterocycles. The minimum atomic E-state index is -3.36. The number of nitrogens with two attached hydrogens (primary N) is 1. The molecule has 0 saturated carbocycles. The predicted molar refractivity (Wildman–Crippen MR) is 83.0 cm³/mol. The number of carbonyl (C=O) groups is 1. The number of hydrogen-bond acceptors (Lipinski definition) is 7. The zero-order chi connectivity index (χ0) is 17.0. The van der Waals surface area contributed by atoms with Gasteiger partial charge in [-0.05, 0) is 0 Å². The Bertz CT molecular complexity index is 649. The minimum Gasteiger partial charge on any atom is -0.467 e. The van der Waals surface area contributed by atoms with Crippen molar-refractivity contribution in [2.75, 3.05) is 39.5 Å². The van der Waals surface area contributed by atoms with Crippen LogP contribution in [0.15, 0.2) is 12.4 Å². The summed E-state index contributed by atoms with van der Waals surface area (Å²) >= 11 is 0. The summed E-state index contributed by atoms with van der Waals surface area (Å²) in [4.78, 5) is 21.6. The van der Waals surface area contributed by atoms with Gasteiger partial charge in [-0.25, -0.2) is 22.7 Å². The molecule has 23 heavy (non-hydrogen) atoms. The Kier molecular flexibility index (Phi) is 5.50. The van der Waals surface area contributed by atoms with Crippen molar-refractivity contribution in [3.05, 3.63) is 18.0 Å². The maximum Gasteiger partial charge on any atom is 0.316 e. The number of rotatable bonds is 5. The maximum atomic E-state index is 11.8. The quantitative estimate of drug-likeness (QED) is 0.703. The monoisotopic (exact) mass is 343 g/mol. The van der Waals surface area contributed by atoms with Gasteiger partial charge in [0.1, 0.15) is 0 Å². The predicted octanol–water partition coefficient (Wildman–Crippen LogP) is -1.34. The van der Waals surface area contributed by atoms with Gasteiger partial charge in [-0.15, -0.1) is 0 Å². The first kappa shape index (κ1) is 17.6. The van der Waals surface area contributed by atoms with Crippen molar-refractivity contribution >= 4 is 15.9 Å². The molecular weight excluding hydrogens is 322 g/mol. The minimum absolute atomic E-state index is 0.115. The Morgan fingerprint density at radius 2 is 2.00 bits per heavy atom. The van der Waals surface area contributed by atoms with Crippen molar-refractivity contribution < 1.29 is 17.9 Å². The summed E-state index contributed by atoms with van der Waals surface area (Å²) in [6.07, 6.45) is 4.42. The molecule has 1 aliphatic heterocycles. The van der Waals surface area contributed by atoms with E-state index in [1.54, 1.807) is 12.4 Å². The average Bonchev–Trinajstić information content (AvgIpc) is 2.70. The summed E-state index contributed by atoms with van der Waals surface area (Å²) in [5, 5.41) is 0. The largest absolute Gasteiger partial charge is 0.467 e. The van der Waals surface area contributed by atoms with Gasteiger partial charge in [-0.3, -0.25) is 9.69 Å². The number of sulfonamides is 1. The summed E-state index contributed by atoms with van der Waals surface area (Å²) in [7, 11) is -1.88. The van der Waals surface area contributed by atoms with E-state index in [-0.39, 0.29) is 12.6 Å². The number of nitrogens with zero attached hydrogens (tertiary/aromatic N) is 4. The zero-order valence-corrected chi connectivity index (χ0v) is 14.0. The molecule has 1 aliphatic rings. The van der Waals surface area contributed by atoms with Crippen LogP contribution < -0.4 is 10.5 Å². The van der Waals surface area contributed by atoms with Gasteiger partial charge in [0, 0.05) is 50.7 Å². The Balaban J connectivity index is 2.10. The van der Waals surface area contributed by atoms with Crippen LogP contribution in [0.1, 0.15) is 5.56 Å². The fraction of sp³-hybridized carbons (Fsp3) is 0.615. The number of ether oxygens (including phenoxy) is 1. The number of methoxy groups -OCH3 is 1. The van der Waals surface area contributed by atoms with Crippen LogP contribution in [0.2, 0.25) is 0 Å². The third-order valence-corrected chi connectivity index (χ3v) is 4.98. The maximum absolute atomic E-state index is 11.8. The van der Waals surface area contributed by atoms with Crippen molar-refractivity contribution in [2.45, 2.75) is 6.54 Å². The van der Waals surface area contributed by atoms with Crippen LogP contribution in [0.4, 0.5) is 0 Å². The number of primary amides is 1. The van der Waals surface area contributed by atoms with Crippen LogP contribution >= 0.6 is 0 Å². The average molecular weight is 343 g/mol. The van der Waals surface area contributed by atoms with Crippen LogP contribution in [0.3, 0.4) is 0 Å². The number of hydrogen-bond donors (Lipinski definition) is 1. The molecule has 0 aromatic carbocycles. The lowest BCUT2D eigenvalue weighted by Gasteiger charge is -2.21. The first-order valence-electron chi connectivity index (χ1n) is 7.11. The van der Waals surface area contributed by atoms with E-state index < -0.39 is 21.8 Å². The van der Waals surface area contributed by atoms with Crippen LogP contribution in [0.5, 0.6) is 6.01 Å². The lowest BCUT2D eigenvalue weighted by molar-refractivity contribution is -0.122. The van der Waals surface area contributed by atoms with E-state index in [0.29, 0.717) is 26.2 Å². The molecule has 0 spiro atoms. The summed E-state index contributed by atoms with van der Waals surface area (Å²) in [5.74, 6) is -1.05. The van der Waals surface area contributed by atoms with Crippen molar-refractivity contribution in [2.24, 2.45) is 11.7 Å². The standard InChI is InChI=1S/C13H21N5O4S/c1-22-13-15-5-10(6-16-13)7-17-3-4-18(23(2,20)21)9-11(8-17)12(14)19/h5-6,11H,3-4,7-9H2,1-2H3,(H2,14,19). The zero-order valence-electron chi connectivity index (χ0n) is 13.2. The summed E-state index contributed by atoms with van der Waals surface area (Å²) in [6, 6.07) is 0.280. The molecule has 10 heteroatoms. The fourth-order valence-corrected chi connectivity index (χ4v) is 3.33. The smallest absolute Gasteiger partial charge is 0.316 e. The van der Waals surface area contributed by atoms with Crippen molar-refractivity contribution in [3.63, 3.8) is 0 Å². The topological polar surface area (TPSA) is 119 Å². The van der Waals surface area contributed by atoms with Gasteiger partial charge < -0.3 is 10.5 Å². The molecule has 0 radical (unpaired) electrons. The molecule has 2 rings (SSSR count). The van der Waals surface area contributed by atoms with Crippen LogP contribution in [-0.4, -0.2) is 73.0 Å². The lowest BCUT2D eigenvalue weighted by atomic mass is 10.1. The molecule has 9 nitrogen and oxygen atoms in total. The summed E-state index contributed by atoms with van der Waals surface area (Å²) in [6.45, 7) is 1.84. The van der Waals surface area contributed by atoms with E-state index in [2.05, 4.69) is 9.97 Å².